The summed E-state index contributed by atoms with van der Waals surface area (Å²) in [5.74, 6) is 0.387. The molecule has 5 heteroatoms. The van der Waals surface area contributed by atoms with E-state index < -0.39 is 0 Å². The van der Waals surface area contributed by atoms with Gasteiger partial charge in [0.1, 0.15) is 5.82 Å². The van der Waals surface area contributed by atoms with E-state index in [2.05, 4.69) is 24.1 Å². The molecule has 0 radical (unpaired) electrons. The quantitative estimate of drug-likeness (QED) is 0.900. The second kappa shape index (κ2) is 6.87. The van der Waals surface area contributed by atoms with E-state index in [-0.39, 0.29) is 5.82 Å². The summed E-state index contributed by atoms with van der Waals surface area (Å²) in [5, 5.41) is 3.90. The molecule has 0 saturated carbocycles. The number of benzene rings is 1. The molecule has 0 unspecified atom stereocenters. The van der Waals surface area contributed by atoms with Crippen molar-refractivity contribution in [2.75, 3.05) is 11.9 Å². The largest absolute Gasteiger partial charge is 0.328 e. The average Bonchev–Trinajstić information content (AvgIpc) is 2.45. The number of hydrogen-bond donors (Lipinski definition) is 1. The van der Waals surface area contributed by atoms with Crippen LogP contribution in [-0.2, 0) is 6.54 Å². The Hall–Kier alpha value is -1.65. The van der Waals surface area contributed by atoms with Gasteiger partial charge in [0, 0.05) is 31.5 Å². The van der Waals surface area contributed by atoms with Gasteiger partial charge < -0.3 is 10.2 Å². The molecule has 21 heavy (non-hydrogen) atoms. The van der Waals surface area contributed by atoms with E-state index in [1.807, 2.05) is 18.0 Å². The summed E-state index contributed by atoms with van der Waals surface area (Å²) >= 11 is 6.31. The number of pyridine rings is 1. The second-order valence-corrected chi connectivity index (χ2v) is 5.63. The lowest BCUT2D eigenvalue weighted by Gasteiger charge is -2.20. The number of nitrogens with one attached hydrogen (secondary N) is 1. The minimum absolute atomic E-state index is 0.263. The first kappa shape index (κ1) is 15.7. The van der Waals surface area contributed by atoms with E-state index >= 15 is 0 Å². The van der Waals surface area contributed by atoms with E-state index in [0.29, 0.717) is 16.9 Å². The van der Waals surface area contributed by atoms with Crippen molar-refractivity contribution in [1.29, 1.82) is 0 Å². The van der Waals surface area contributed by atoms with Crippen molar-refractivity contribution in [2.24, 2.45) is 0 Å². The number of aromatic nitrogens is 1. The fourth-order valence-electron chi connectivity index (χ4n) is 1.92. The topological polar surface area (TPSA) is 28.2 Å². The number of rotatable bonds is 5. The first-order valence-corrected chi connectivity index (χ1v) is 7.22. The van der Waals surface area contributed by atoms with Crippen LogP contribution in [0.3, 0.4) is 0 Å². The summed E-state index contributed by atoms with van der Waals surface area (Å²) in [6.07, 6.45) is 1.80. The maximum absolute atomic E-state index is 13.0. The molecule has 0 aliphatic heterocycles. The van der Waals surface area contributed by atoms with Gasteiger partial charge in [0.15, 0.2) is 5.82 Å². The molecule has 2 rings (SSSR count). The van der Waals surface area contributed by atoms with Gasteiger partial charge in [0.2, 0.25) is 0 Å². The molecule has 1 N–H and O–H groups in total. The van der Waals surface area contributed by atoms with Crippen LogP contribution in [0.4, 0.5) is 15.9 Å². The third-order valence-electron chi connectivity index (χ3n) is 3.12. The lowest BCUT2D eigenvalue weighted by Crippen LogP contribution is -2.22. The van der Waals surface area contributed by atoms with Crippen LogP contribution in [0.1, 0.15) is 19.4 Å². The first-order chi connectivity index (χ1) is 9.97. The van der Waals surface area contributed by atoms with E-state index in [1.165, 1.54) is 12.1 Å². The zero-order valence-corrected chi connectivity index (χ0v) is 13.2. The van der Waals surface area contributed by atoms with Crippen molar-refractivity contribution < 1.29 is 4.39 Å². The second-order valence-electron chi connectivity index (χ2n) is 5.22. The Morgan fingerprint density at radius 2 is 1.95 bits per heavy atom. The zero-order chi connectivity index (χ0) is 15.4. The molecule has 0 fully saturated rings. The molecule has 0 saturated heterocycles. The lowest BCUT2D eigenvalue weighted by molar-refractivity contribution is 0.588. The predicted molar refractivity (Wildman–Crippen MR) is 85.7 cm³/mol. The molecule has 1 heterocycles. The van der Waals surface area contributed by atoms with Gasteiger partial charge >= 0.3 is 0 Å². The summed E-state index contributed by atoms with van der Waals surface area (Å²) in [6.45, 7) is 4.91. The summed E-state index contributed by atoms with van der Waals surface area (Å²) in [7, 11) is 1.85. The number of anilines is 2. The maximum atomic E-state index is 13.0. The van der Waals surface area contributed by atoms with Crippen LogP contribution in [0.15, 0.2) is 36.5 Å². The van der Waals surface area contributed by atoms with E-state index in [4.69, 9.17) is 11.6 Å². The minimum atomic E-state index is -0.263. The molecule has 2 aromatic rings. The Morgan fingerprint density at radius 1 is 1.29 bits per heavy atom. The molecule has 0 bridgehead atoms. The fraction of sp³-hybridized carbons (Fsp3) is 0.312. The molecule has 0 atom stereocenters. The van der Waals surface area contributed by atoms with Gasteiger partial charge in [-0.25, -0.2) is 9.37 Å². The van der Waals surface area contributed by atoms with Crippen molar-refractivity contribution in [3.05, 3.63) is 52.9 Å². The van der Waals surface area contributed by atoms with Gasteiger partial charge in [0.25, 0.3) is 0 Å². The SMILES string of the molecule is CC(C)NCc1cnc(N(C)c2ccc(F)cc2)c(Cl)c1. The Morgan fingerprint density at radius 3 is 2.52 bits per heavy atom. The Bertz CT molecular complexity index is 599. The lowest BCUT2D eigenvalue weighted by atomic mass is 10.2. The monoisotopic (exact) mass is 307 g/mol. The molecule has 0 aliphatic carbocycles. The maximum Gasteiger partial charge on any atom is 0.151 e. The van der Waals surface area contributed by atoms with Crippen molar-refractivity contribution in [1.82, 2.24) is 10.3 Å². The van der Waals surface area contributed by atoms with Gasteiger partial charge in [-0.1, -0.05) is 25.4 Å². The van der Waals surface area contributed by atoms with Crippen LogP contribution in [0, 0.1) is 5.82 Å². The van der Waals surface area contributed by atoms with Gasteiger partial charge in [-0.15, -0.1) is 0 Å². The third-order valence-corrected chi connectivity index (χ3v) is 3.40. The van der Waals surface area contributed by atoms with Crippen LogP contribution < -0.4 is 10.2 Å². The van der Waals surface area contributed by atoms with Gasteiger partial charge in [0.05, 0.1) is 5.02 Å². The summed E-state index contributed by atoms with van der Waals surface area (Å²) in [6, 6.07) is 8.54. The molecule has 0 aliphatic rings. The predicted octanol–water partition coefficient (Wildman–Crippen LogP) is 4.14. The summed E-state index contributed by atoms with van der Waals surface area (Å²) < 4.78 is 13.0. The first-order valence-electron chi connectivity index (χ1n) is 6.84. The van der Waals surface area contributed by atoms with Crippen LogP contribution in [0.2, 0.25) is 5.02 Å². The highest BCUT2D eigenvalue weighted by Gasteiger charge is 2.11. The Balaban J connectivity index is 2.18. The highest BCUT2D eigenvalue weighted by molar-refractivity contribution is 6.33. The van der Waals surface area contributed by atoms with Crippen molar-refractivity contribution in [3.8, 4) is 0 Å². The van der Waals surface area contributed by atoms with Crippen LogP contribution in [0.5, 0.6) is 0 Å². The highest BCUT2D eigenvalue weighted by Crippen LogP contribution is 2.29. The van der Waals surface area contributed by atoms with Crippen LogP contribution in [0.25, 0.3) is 0 Å². The minimum Gasteiger partial charge on any atom is -0.328 e. The van der Waals surface area contributed by atoms with Crippen LogP contribution in [-0.4, -0.2) is 18.1 Å². The third kappa shape index (κ3) is 4.16. The van der Waals surface area contributed by atoms with Crippen molar-refractivity contribution in [3.63, 3.8) is 0 Å². The molecule has 1 aromatic heterocycles. The molecular weight excluding hydrogens is 289 g/mol. The Kier molecular flexibility index (Phi) is 5.15. The fourth-order valence-corrected chi connectivity index (χ4v) is 2.24. The molecule has 0 amide bonds. The van der Waals surface area contributed by atoms with E-state index in [9.17, 15) is 4.39 Å². The Labute approximate surface area is 129 Å². The zero-order valence-electron chi connectivity index (χ0n) is 12.4. The summed E-state index contributed by atoms with van der Waals surface area (Å²) in [5.41, 5.74) is 1.86. The molecule has 3 nitrogen and oxygen atoms in total. The van der Waals surface area contributed by atoms with E-state index in [0.717, 1.165) is 17.8 Å². The number of nitrogens with zero attached hydrogens (tertiary/aromatic N) is 2. The van der Waals surface area contributed by atoms with Crippen molar-refractivity contribution in [2.45, 2.75) is 26.4 Å². The molecule has 1 aromatic carbocycles. The smallest absolute Gasteiger partial charge is 0.151 e. The average molecular weight is 308 g/mol. The standard InChI is InChI=1S/C16H19ClFN3/c1-11(2)19-9-12-8-15(17)16(20-10-12)21(3)14-6-4-13(18)5-7-14/h4-8,10-11,19H,9H2,1-3H3. The highest BCUT2D eigenvalue weighted by atomic mass is 35.5. The van der Waals surface area contributed by atoms with Gasteiger partial charge in [-0.3, -0.25) is 0 Å². The summed E-state index contributed by atoms with van der Waals surface area (Å²) in [4.78, 5) is 6.25. The van der Waals surface area contributed by atoms with E-state index in [1.54, 1.807) is 18.3 Å². The normalized spacial score (nSPS) is 11.0. The molecule has 112 valence electrons. The van der Waals surface area contributed by atoms with Crippen molar-refractivity contribution >= 4 is 23.1 Å². The van der Waals surface area contributed by atoms with Gasteiger partial charge in [-0.05, 0) is 35.9 Å². The molecule has 0 spiro atoms. The number of halogens is 2. The number of hydrogen-bond acceptors (Lipinski definition) is 3. The molecular formula is C16H19ClFN3. The van der Waals surface area contributed by atoms with Gasteiger partial charge in [-0.2, -0.15) is 0 Å². The van der Waals surface area contributed by atoms with Crippen LogP contribution >= 0.6 is 11.6 Å².